The summed E-state index contributed by atoms with van der Waals surface area (Å²) in [6.45, 7) is 0. The van der Waals surface area contributed by atoms with Gasteiger partial charge in [0.15, 0.2) is 11.6 Å². The van der Waals surface area contributed by atoms with Crippen LogP contribution in [0, 0.1) is 5.82 Å². The van der Waals surface area contributed by atoms with E-state index in [1.54, 1.807) is 24.3 Å². The van der Waals surface area contributed by atoms with E-state index in [0.29, 0.717) is 16.5 Å². The van der Waals surface area contributed by atoms with Gasteiger partial charge >= 0.3 is 0 Å². The molecule has 2 aromatic rings. The van der Waals surface area contributed by atoms with Crippen molar-refractivity contribution in [3.05, 3.63) is 63.4 Å². The molecule has 0 bridgehead atoms. The lowest BCUT2D eigenvalue weighted by Gasteiger charge is -2.13. The van der Waals surface area contributed by atoms with Crippen molar-refractivity contribution < 1.29 is 9.13 Å². The molecule has 0 aromatic heterocycles. The average Bonchev–Trinajstić information content (AvgIpc) is 2.42. The Morgan fingerprint density at radius 1 is 1.15 bits per heavy atom. The third kappa shape index (κ3) is 3.42. The third-order valence-corrected chi connectivity index (χ3v) is 3.78. The lowest BCUT2D eigenvalue weighted by Crippen LogP contribution is -2.13. The van der Waals surface area contributed by atoms with Crippen LogP contribution in [-0.4, -0.2) is 7.11 Å². The molecule has 0 saturated carbocycles. The fourth-order valence-corrected chi connectivity index (χ4v) is 2.26. The fraction of sp³-hybridized carbons (Fsp3) is 0.200. The van der Waals surface area contributed by atoms with Crippen molar-refractivity contribution in [2.75, 3.05) is 7.11 Å². The Morgan fingerprint density at radius 2 is 1.90 bits per heavy atom. The molecule has 0 aliphatic carbocycles. The molecule has 2 rings (SSSR count). The van der Waals surface area contributed by atoms with Gasteiger partial charge in [-0.2, -0.15) is 0 Å². The molecule has 0 aliphatic rings. The largest absolute Gasteiger partial charge is 0.494 e. The Morgan fingerprint density at radius 3 is 2.50 bits per heavy atom. The first-order valence-corrected chi connectivity index (χ1v) is 6.80. The van der Waals surface area contributed by atoms with E-state index in [2.05, 4.69) is 0 Å². The maximum absolute atomic E-state index is 13.6. The van der Waals surface area contributed by atoms with Crippen LogP contribution in [0.1, 0.15) is 17.2 Å². The third-order valence-electron chi connectivity index (χ3n) is 3.04. The molecule has 106 valence electrons. The van der Waals surface area contributed by atoms with Gasteiger partial charge in [0.1, 0.15) is 0 Å². The predicted molar refractivity (Wildman–Crippen MR) is 80.0 cm³/mol. The highest BCUT2D eigenvalue weighted by molar-refractivity contribution is 6.42. The van der Waals surface area contributed by atoms with Gasteiger partial charge in [0.25, 0.3) is 0 Å². The van der Waals surface area contributed by atoms with Crippen molar-refractivity contribution in [2.45, 2.75) is 12.5 Å². The van der Waals surface area contributed by atoms with Gasteiger partial charge in [-0.25, -0.2) is 4.39 Å². The number of rotatable bonds is 4. The van der Waals surface area contributed by atoms with Crippen LogP contribution in [0.2, 0.25) is 10.0 Å². The Labute approximate surface area is 127 Å². The standard InChI is InChI=1S/C15H14Cl2FNO/c1-20-15-5-2-9(6-13(15)18)7-14(19)10-3-4-11(16)12(17)8-10/h2-6,8,14H,7,19H2,1H3. The smallest absolute Gasteiger partial charge is 0.165 e. The van der Waals surface area contributed by atoms with Gasteiger partial charge in [-0.3, -0.25) is 0 Å². The van der Waals surface area contributed by atoms with Gasteiger partial charge in [-0.1, -0.05) is 35.3 Å². The van der Waals surface area contributed by atoms with Crippen LogP contribution >= 0.6 is 23.2 Å². The zero-order chi connectivity index (χ0) is 14.7. The molecule has 0 heterocycles. The SMILES string of the molecule is COc1ccc(CC(N)c2ccc(Cl)c(Cl)c2)cc1F. The first-order chi connectivity index (χ1) is 9.51. The molecule has 2 aromatic carbocycles. The predicted octanol–water partition coefficient (Wildman–Crippen LogP) is 4.38. The topological polar surface area (TPSA) is 35.2 Å². The molecule has 0 radical (unpaired) electrons. The van der Waals surface area contributed by atoms with Crippen molar-refractivity contribution >= 4 is 23.2 Å². The summed E-state index contributed by atoms with van der Waals surface area (Å²) in [5, 5.41) is 0.943. The van der Waals surface area contributed by atoms with E-state index in [9.17, 15) is 4.39 Å². The van der Waals surface area contributed by atoms with E-state index < -0.39 is 5.82 Å². The highest BCUT2D eigenvalue weighted by Gasteiger charge is 2.11. The number of hydrogen-bond acceptors (Lipinski definition) is 2. The Bertz CT molecular complexity index is 619. The van der Waals surface area contributed by atoms with Crippen LogP contribution in [-0.2, 0) is 6.42 Å². The number of hydrogen-bond donors (Lipinski definition) is 1. The molecule has 2 nitrogen and oxygen atoms in total. The summed E-state index contributed by atoms with van der Waals surface area (Å²) in [6.07, 6.45) is 0.499. The van der Waals surface area contributed by atoms with E-state index in [4.69, 9.17) is 33.7 Å². The van der Waals surface area contributed by atoms with Crippen LogP contribution in [0.25, 0.3) is 0 Å². The van der Waals surface area contributed by atoms with Crippen LogP contribution in [0.4, 0.5) is 4.39 Å². The normalized spacial score (nSPS) is 12.2. The molecule has 0 aliphatic heterocycles. The van der Waals surface area contributed by atoms with Gasteiger partial charge in [0, 0.05) is 6.04 Å². The summed E-state index contributed by atoms with van der Waals surface area (Å²) < 4.78 is 18.5. The Kier molecular flexibility index (Phi) is 4.86. The molecule has 0 amide bonds. The number of methoxy groups -OCH3 is 1. The summed E-state index contributed by atoms with van der Waals surface area (Å²) >= 11 is 11.8. The van der Waals surface area contributed by atoms with Gasteiger partial charge in [0.05, 0.1) is 17.2 Å². The second kappa shape index (κ2) is 6.44. The van der Waals surface area contributed by atoms with Gasteiger partial charge in [-0.15, -0.1) is 0 Å². The highest BCUT2D eigenvalue weighted by atomic mass is 35.5. The van der Waals surface area contributed by atoms with Gasteiger partial charge < -0.3 is 10.5 Å². The maximum atomic E-state index is 13.6. The zero-order valence-electron chi connectivity index (χ0n) is 10.9. The molecule has 0 fully saturated rings. The quantitative estimate of drug-likeness (QED) is 0.909. The van der Waals surface area contributed by atoms with Crippen LogP contribution < -0.4 is 10.5 Å². The van der Waals surface area contributed by atoms with E-state index in [0.717, 1.165) is 11.1 Å². The lowest BCUT2D eigenvalue weighted by atomic mass is 9.99. The molecule has 1 unspecified atom stereocenters. The molecular weight excluding hydrogens is 300 g/mol. The van der Waals surface area contributed by atoms with E-state index in [1.807, 2.05) is 6.07 Å². The van der Waals surface area contributed by atoms with Crippen LogP contribution in [0.15, 0.2) is 36.4 Å². The molecule has 20 heavy (non-hydrogen) atoms. The van der Waals surface area contributed by atoms with Crippen molar-refractivity contribution in [1.29, 1.82) is 0 Å². The van der Waals surface area contributed by atoms with Gasteiger partial charge in [0.2, 0.25) is 0 Å². The van der Waals surface area contributed by atoms with E-state index in [1.165, 1.54) is 13.2 Å². The molecule has 1 atom stereocenters. The molecule has 0 saturated heterocycles. The minimum Gasteiger partial charge on any atom is -0.494 e. The van der Waals surface area contributed by atoms with Crippen molar-refractivity contribution in [3.63, 3.8) is 0 Å². The minimum atomic E-state index is -0.397. The van der Waals surface area contributed by atoms with Crippen LogP contribution in [0.5, 0.6) is 5.75 Å². The molecule has 0 spiro atoms. The first kappa shape index (κ1) is 15.1. The number of ether oxygens (including phenoxy) is 1. The first-order valence-electron chi connectivity index (χ1n) is 6.04. The minimum absolute atomic E-state index is 0.219. The monoisotopic (exact) mass is 313 g/mol. The summed E-state index contributed by atoms with van der Waals surface area (Å²) in [5.41, 5.74) is 7.76. The number of nitrogens with two attached hydrogens (primary N) is 1. The van der Waals surface area contributed by atoms with Crippen molar-refractivity contribution in [2.24, 2.45) is 5.73 Å². The Balaban J connectivity index is 2.16. The maximum Gasteiger partial charge on any atom is 0.165 e. The zero-order valence-corrected chi connectivity index (χ0v) is 12.4. The summed E-state index contributed by atoms with van der Waals surface area (Å²) in [4.78, 5) is 0. The fourth-order valence-electron chi connectivity index (χ4n) is 1.95. The highest BCUT2D eigenvalue weighted by Crippen LogP contribution is 2.27. The second-order valence-corrected chi connectivity index (χ2v) is 5.27. The van der Waals surface area contributed by atoms with Crippen LogP contribution in [0.3, 0.4) is 0 Å². The molecule has 5 heteroatoms. The van der Waals surface area contributed by atoms with Crippen molar-refractivity contribution in [3.8, 4) is 5.75 Å². The second-order valence-electron chi connectivity index (χ2n) is 4.45. The van der Waals surface area contributed by atoms with Crippen molar-refractivity contribution in [1.82, 2.24) is 0 Å². The number of benzene rings is 2. The lowest BCUT2D eigenvalue weighted by molar-refractivity contribution is 0.386. The summed E-state index contributed by atoms with van der Waals surface area (Å²) in [6, 6.07) is 9.78. The summed E-state index contributed by atoms with van der Waals surface area (Å²) in [7, 11) is 1.43. The Hall–Kier alpha value is -1.29. The van der Waals surface area contributed by atoms with Gasteiger partial charge in [-0.05, 0) is 41.8 Å². The van der Waals surface area contributed by atoms with E-state index >= 15 is 0 Å². The average molecular weight is 314 g/mol. The summed E-state index contributed by atoms with van der Waals surface area (Å²) in [5.74, 6) is -0.178. The number of halogens is 3. The van der Waals surface area contributed by atoms with E-state index in [-0.39, 0.29) is 11.8 Å². The molecule has 2 N–H and O–H groups in total. The molecular formula is C15H14Cl2FNO.